The molecular weight excluding hydrogens is 388 g/mol. The number of likely N-dealkylation sites (N-methyl/N-ethyl adjacent to an activating group) is 1. The molecule has 0 saturated carbocycles. The first-order valence-electron chi connectivity index (χ1n) is 9.40. The van der Waals surface area contributed by atoms with Crippen molar-refractivity contribution in [2.24, 2.45) is 0 Å². The molecule has 0 atom stereocenters. The number of benzene rings is 1. The summed E-state index contributed by atoms with van der Waals surface area (Å²) in [6.07, 6.45) is 2.39. The third-order valence-corrected chi connectivity index (χ3v) is 5.95. The molecule has 0 spiro atoms. The number of nitrogens with zero attached hydrogens (tertiary/aromatic N) is 3. The van der Waals surface area contributed by atoms with Crippen LogP contribution in [0.1, 0.15) is 20.8 Å². The van der Waals surface area contributed by atoms with Crippen molar-refractivity contribution in [3.05, 3.63) is 46.6 Å². The van der Waals surface area contributed by atoms with Gasteiger partial charge in [-0.3, -0.25) is 4.79 Å². The van der Waals surface area contributed by atoms with Crippen molar-refractivity contribution in [1.29, 1.82) is 0 Å². The summed E-state index contributed by atoms with van der Waals surface area (Å²) in [5, 5.41) is 4.31. The zero-order valence-electron chi connectivity index (χ0n) is 17.2. The average Bonchev–Trinajstić information content (AvgIpc) is 3.09. The van der Waals surface area contributed by atoms with Crippen molar-refractivity contribution in [3.63, 3.8) is 0 Å². The van der Waals surface area contributed by atoms with Gasteiger partial charge in [0.05, 0.1) is 24.0 Å². The third kappa shape index (κ3) is 4.83. The van der Waals surface area contributed by atoms with E-state index in [9.17, 15) is 4.79 Å². The van der Waals surface area contributed by atoms with E-state index in [-0.39, 0.29) is 5.91 Å². The largest absolute Gasteiger partial charge is 0.497 e. The predicted molar refractivity (Wildman–Crippen MR) is 116 cm³/mol. The SMILES string of the molecule is COCCN(C)C(=O)c1sc2ncnc(NCCc3ccc(OC)cc3)c2c1C. The van der Waals surface area contributed by atoms with E-state index in [0.717, 1.165) is 40.3 Å². The molecule has 0 fully saturated rings. The molecule has 7 nitrogen and oxygen atoms in total. The third-order valence-electron chi connectivity index (χ3n) is 4.76. The zero-order chi connectivity index (χ0) is 20.8. The van der Waals surface area contributed by atoms with Crippen LogP contribution in [0.4, 0.5) is 5.82 Å². The van der Waals surface area contributed by atoms with Crippen LogP contribution < -0.4 is 10.1 Å². The Morgan fingerprint density at radius 3 is 2.66 bits per heavy atom. The lowest BCUT2D eigenvalue weighted by atomic mass is 10.1. The van der Waals surface area contributed by atoms with E-state index >= 15 is 0 Å². The molecule has 3 aromatic rings. The van der Waals surface area contributed by atoms with Gasteiger partial charge in [-0.25, -0.2) is 9.97 Å². The van der Waals surface area contributed by atoms with Crippen molar-refractivity contribution >= 4 is 33.3 Å². The van der Waals surface area contributed by atoms with E-state index in [0.29, 0.717) is 18.0 Å². The Morgan fingerprint density at radius 2 is 1.97 bits per heavy atom. The minimum atomic E-state index is -0.0215. The molecule has 0 aliphatic heterocycles. The maximum Gasteiger partial charge on any atom is 0.264 e. The molecule has 0 radical (unpaired) electrons. The number of ether oxygens (including phenoxy) is 2. The van der Waals surface area contributed by atoms with Crippen LogP contribution in [-0.4, -0.2) is 61.7 Å². The first kappa shape index (κ1) is 21.0. The van der Waals surface area contributed by atoms with Crippen LogP contribution in [0, 0.1) is 6.92 Å². The van der Waals surface area contributed by atoms with Gasteiger partial charge in [0, 0.05) is 27.2 Å². The average molecular weight is 415 g/mol. The van der Waals surface area contributed by atoms with Crippen molar-refractivity contribution in [2.45, 2.75) is 13.3 Å². The van der Waals surface area contributed by atoms with Crippen LogP contribution in [0.3, 0.4) is 0 Å². The number of rotatable bonds is 9. The van der Waals surface area contributed by atoms with Crippen molar-refractivity contribution < 1.29 is 14.3 Å². The summed E-state index contributed by atoms with van der Waals surface area (Å²) in [4.78, 5) is 24.8. The molecule has 1 amide bonds. The van der Waals surface area contributed by atoms with Crippen LogP contribution in [0.2, 0.25) is 0 Å². The molecule has 0 saturated heterocycles. The highest BCUT2D eigenvalue weighted by atomic mass is 32.1. The molecule has 8 heteroatoms. The molecule has 2 heterocycles. The highest BCUT2D eigenvalue weighted by molar-refractivity contribution is 7.20. The number of carbonyl (C=O) groups excluding carboxylic acids is 1. The Kier molecular flexibility index (Phi) is 7.00. The highest BCUT2D eigenvalue weighted by Crippen LogP contribution is 2.33. The smallest absolute Gasteiger partial charge is 0.264 e. The summed E-state index contributed by atoms with van der Waals surface area (Å²) < 4.78 is 10.3. The minimum absolute atomic E-state index is 0.0215. The normalized spacial score (nSPS) is 10.9. The number of aryl methyl sites for hydroxylation is 1. The second-order valence-corrected chi connectivity index (χ2v) is 7.70. The predicted octanol–water partition coefficient (Wildman–Crippen LogP) is 3.38. The number of methoxy groups -OCH3 is 2. The van der Waals surface area contributed by atoms with E-state index < -0.39 is 0 Å². The van der Waals surface area contributed by atoms with E-state index in [1.54, 1.807) is 26.2 Å². The molecule has 0 aliphatic rings. The van der Waals surface area contributed by atoms with Crippen LogP contribution in [0.5, 0.6) is 5.75 Å². The van der Waals surface area contributed by atoms with Crippen molar-refractivity contribution in [3.8, 4) is 5.75 Å². The summed E-state index contributed by atoms with van der Waals surface area (Å²) in [6.45, 7) is 3.73. The quantitative estimate of drug-likeness (QED) is 0.578. The summed E-state index contributed by atoms with van der Waals surface area (Å²) in [7, 11) is 5.07. The van der Waals surface area contributed by atoms with Crippen LogP contribution in [0.25, 0.3) is 10.2 Å². The van der Waals surface area contributed by atoms with Gasteiger partial charge >= 0.3 is 0 Å². The lowest BCUT2D eigenvalue weighted by molar-refractivity contribution is 0.0748. The fourth-order valence-corrected chi connectivity index (χ4v) is 4.17. The second-order valence-electron chi connectivity index (χ2n) is 6.70. The molecule has 29 heavy (non-hydrogen) atoms. The van der Waals surface area contributed by atoms with E-state index in [2.05, 4.69) is 27.4 Å². The van der Waals surface area contributed by atoms with Gasteiger partial charge < -0.3 is 19.7 Å². The van der Waals surface area contributed by atoms with Gasteiger partial charge in [0.2, 0.25) is 0 Å². The minimum Gasteiger partial charge on any atom is -0.497 e. The van der Waals surface area contributed by atoms with Crippen LogP contribution >= 0.6 is 11.3 Å². The first-order chi connectivity index (χ1) is 14.0. The summed E-state index contributed by atoms with van der Waals surface area (Å²) >= 11 is 1.40. The van der Waals surface area contributed by atoms with Gasteiger partial charge in [0.25, 0.3) is 5.91 Å². The summed E-state index contributed by atoms with van der Waals surface area (Å²) in [6, 6.07) is 8.02. The van der Waals surface area contributed by atoms with Gasteiger partial charge in [0.15, 0.2) is 0 Å². The van der Waals surface area contributed by atoms with Crippen LogP contribution in [0.15, 0.2) is 30.6 Å². The Hall–Kier alpha value is -2.71. The fraction of sp³-hybridized carbons (Fsp3) is 0.381. The maximum atomic E-state index is 12.8. The standard InChI is InChI=1S/C21H26N4O3S/c1-14-17-19(22-10-9-15-5-7-16(28-4)8-6-15)23-13-24-20(17)29-18(14)21(26)25(2)11-12-27-3/h5-8,13H,9-12H2,1-4H3,(H,22,23,24). The molecule has 2 aromatic heterocycles. The lowest BCUT2D eigenvalue weighted by Crippen LogP contribution is -2.29. The van der Waals surface area contributed by atoms with Crippen molar-refractivity contribution in [2.75, 3.05) is 46.3 Å². The van der Waals surface area contributed by atoms with E-state index in [4.69, 9.17) is 9.47 Å². The Balaban J connectivity index is 1.74. The van der Waals surface area contributed by atoms with Gasteiger partial charge in [-0.05, 0) is 36.6 Å². The number of thiophene rings is 1. The van der Waals surface area contributed by atoms with Gasteiger partial charge in [-0.15, -0.1) is 11.3 Å². The number of carbonyl (C=O) groups is 1. The Labute approximate surface area is 174 Å². The molecule has 154 valence electrons. The Morgan fingerprint density at radius 1 is 1.21 bits per heavy atom. The number of hydrogen-bond donors (Lipinski definition) is 1. The summed E-state index contributed by atoms with van der Waals surface area (Å²) in [5.41, 5.74) is 2.12. The fourth-order valence-electron chi connectivity index (χ4n) is 3.03. The van der Waals surface area contributed by atoms with Gasteiger partial charge in [-0.2, -0.15) is 0 Å². The molecular formula is C21H26N4O3S. The van der Waals surface area contributed by atoms with E-state index in [1.165, 1.54) is 23.2 Å². The first-order valence-corrected chi connectivity index (χ1v) is 10.2. The zero-order valence-corrected chi connectivity index (χ0v) is 18.0. The number of amides is 1. The van der Waals surface area contributed by atoms with Crippen LogP contribution in [-0.2, 0) is 11.2 Å². The van der Waals surface area contributed by atoms with E-state index in [1.807, 2.05) is 19.1 Å². The Bertz CT molecular complexity index is 972. The monoisotopic (exact) mass is 414 g/mol. The number of fused-ring (bicyclic) bond motifs is 1. The number of nitrogens with one attached hydrogen (secondary N) is 1. The molecule has 0 unspecified atom stereocenters. The molecule has 0 bridgehead atoms. The lowest BCUT2D eigenvalue weighted by Gasteiger charge is -2.16. The summed E-state index contributed by atoms with van der Waals surface area (Å²) in [5.74, 6) is 1.59. The molecule has 1 N–H and O–H groups in total. The second kappa shape index (κ2) is 9.67. The molecule has 3 rings (SSSR count). The topological polar surface area (TPSA) is 76.6 Å². The number of anilines is 1. The van der Waals surface area contributed by atoms with Gasteiger partial charge in [-0.1, -0.05) is 12.1 Å². The molecule has 0 aliphatic carbocycles. The van der Waals surface area contributed by atoms with Gasteiger partial charge in [0.1, 0.15) is 22.7 Å². The number of aromatic nitrogens is 2. The molecule has 1 aromatic carbocycles. The highest BCUT2D eigenvalue weighted by Gasteiger charge is 2.21. The van der Waals surface area contributed by atoms with Crippen molar-refractivity contribution in [1.82, 2.24) is 14.9 Å². The number of hydrogen-bond acceptors (Lipinski definition) is 7. The maximum absolute atomic E-state index is 12.8.